The first-order valence-electron chi connectivity index (χ1n) is 8.05. The zero-order valence-electron chi connectivity index (χ0n) is 14.5. The molecule has 0 aliphatic heterocycles. The topological polar surface area (TPSA) is 93.2 Å². The smallest absolute Gasteiger partial charge is 0.286 e. The number of aromatic nitrogens is 2. The third kappa shape index (κ3) is 6.24. The zero-order chi connectivity index (χ0) is 18.2. The van der Waals surface area contributed by atoms with E-state index >= 15 is 0 Å². The maximum Gasteiger partial charge on any atom is 0.286 e. The molecule has 0 saturated carbocycles. The molecular weight excluding hydrogens is 340 g/mol. The molecule has 1 aromatic heterocycles. The van der Waals surface area contributed by atoms with Crippen LogP contribution in [0.2, 0.25) is 0 Å². The molecule has 0 aliphatic rings. The van der Waals surface area contributed by atoms with Crippen LogP contribution in [0.1, 0.15) is 40.6 Å². The second-order valence-corrected chi connectivity index (χ2v) is 6.75. The number of amides is 2. The van der Waals surface area contributed by atoms with Gasteiger partial charge < -0.3 is 15.4 Å². The van der Waals surface area contributed by atoms with Crippen molar-refractivity contribution in [1.82, 2.24) is 15.5 Å². The lowest BCUT2D eigenvalue weighted by Gasteiger charge is -2.10. The fraction of sp³-hybridized carbons (Fsp3) is 0.412. The van der Waals surface area contributed by atoms with Crippen molar-refractivity contribution in [1.29, 1.82) is 0 Å². The summed E-state index contributed by atoms with van der Waals surface area (Å²) in [6.07, 6.45) is 0.863. The van der Waals surface area contributed by atoms with E-state index < -0.39 is 0 Å². The van der Waals surface area contributed by atoms with Crippen LogP contribution >= 0.6 is 11.3 Å². The molecule has 25 heavy (non-hydrogen) atoms. The van der Waals surface area contributed by atoms with Crippen LogP contribution in [0.15, 0.2) is 24.3 Å². The first kappa shape index (κ1) is 19.0. The Morgan fingerprint density at radius 3 is 2.64 bits per heavy atom. The number of hydrogen-bond acceptors (Lipinski definition) is 6. The first-order chi connectivity index (χ1) is 12.0. The molecule has 0 spiro atoms. The number of ether oxygens (including phenoxy) is 1. The van der Waals surface area contributed by atoms with Gasteiger partial charge in [-0.1, -0.05) is 36.0 Å². The molecule has 0 aliphatic carbocycles. The molecular formula is C17H22N4O3S. The van der Waals surface area contributed by atoms with E-state index in [4.69, 9.17) is 4.74 Å². The standard InChI is InChI=1S/C17H22N4O3S/c1-4-12(3)18-14(22)9-24-10-15-20-21-17(25-15)16(23)19-13-7-5-11(2)6-8-13/h5-8,12H,4,9-10H2,1-3H3,(H,18,22)(H,19,23)/t12-/m0/s1. The predicted molar refractivity (Wildman–Crippen MR) is 96.6 cm³/mol. The molecule has 0 saturated heterocycles. The molecule has 2 N–H and O–H groups in total. The summed E-state index contributed by atoms with van der Waals surface area (Å²) in [4.78, 5) is 23.8. The quantitative estimate of drug-likeness (QED) is 0.753. The SMILES string of the molecule is CC[C@H](C)NC(=O)COCc1nnc(C(=O)Nc2ccc(C)cc2)s1. The Labute approximate surface area is 150 Å². The molecule has 8 heteroatoms. The number of hydrogen-bond donors (Lipinski definition) is 2. The number of carbonyl (C=O) groups excluding carboxylic acids is 2. The van der Waals surface area contributed by atoms with Gasteiger partial charge in [0.25, 0.3) is 5.91 Å². The number of rotatable bonds is 8. The summed E-state index contributed by atoms with van der Waals surface area (Å²) in [6.45, 7) is 6.00. The van der Waals surface area contributed by atoms with Gasteiger partial charge in [-0.05, 0) is 32.4 Å². The van der Waals surface area contributed by atoms with Crippen LogP contribution in [0.3, 0.4) is 0 Å². The molecule has 0 radical (unpaired) electrons. The highest BCUT2D eigenvalue weighted by Crippen LogP contribution is 2.14. The highest BCUT2D eigenvalue weighted by Gasteiger charge is 2.14. The minimum absolute atomic E-state index is 0.0468. The van der Waals surface area contributed by atoms with Crippen molar-refractivity contribution in [3.8, 4) is 0 Å². The van der Waals surface area contributed by atoms with E-state index in [1.54, 1.807) is 0 Å². The minimum atomic E-state index is -0.317. The first-order valence-corrected chi connectivity index (χ1v) is 8.87. The van der Waals surface area contributed by atoms with Crippen molar-refractivity contribution in [3.05, 3.63) is 39.8 Å². The molecule has 7 nitrogen and oxygen atoms in total. The Kier molecular flexibility index (Phi) is 7.03. The largest absolute Gasteiger partial charge is 0.364 e. The third-order valence-corrected chi connectivity index (χ3v) is 4.34. The maximum absolute atomic E-state index is 12.1. The van der Waals surface area contributed by atoms with Crippen LogP contribution in [0, 0.1) is 6.92 Å². The van der Waals surface area contributed by atoms with Gasteiger partial charge in [0, 0.05) is 11.7 Å². The predicted octanol–water partition coefficient (Wildman–Crippen LogP) is 2.53. The summed E-state index contributed by atoms with van der Waals surface area (Å²) in [6, 6.07) is 7.61. The number of benzene rings is 1. The van der Waals surface area contributed by atoms with Gasteiger partial charge in [0.15, 0.2) is 0 Å². The van der Waals surface area contributed by atoms with Crippen LogP contribution in [0.4, 0.5) is 5.69 Å². The molecule has 134 valence electrons. The Bertz CT molecular complexity index is 715. The second kappa shape index (κ2) is 9.24. The number of carbonyl (C=O) groups is 2. The summed E-state index contributed by atoms with van der Waals surface area (Å²) in [7, 11) is 0. The molecule has 2 aromatic rings. The highest BCUT2D eigenvalue weighted by atomic mass is 32.1. The highest BCUT2D eigenvalue weighted by molar-refractivity contribution is 7.13. The van der Waals surface area contributed by atoms with Gasteiger partial charge in [-0.25, -0.2) is 0 Å². The molecule has 2 rings (SSSR count). The number of nitrogens with one attached hydrogen (secondary N) is 2. The Morgan fingerprint density at radius 2 is 1.96 bits per heavy atom. The van der Waals surface area contributed by atoms with Crippen molar-refractivity contribution < 1.29 is 14.3 Å². The van der Waals surface area contributed by atoms with E-state index in [1.165, 1.54) is 0 Å². The van der Waals surface area contributed by atoms with Crippen molar-refractivity contribution in [2.75, 3.05) is 11.9 Å². The minimum Gasteiger partial charge on any atom is -0.364 e. The van der Waals surface area contributed by atoms with Crippen molar-refractivity contribution in [3.63, 3.8) is 0 Å². The van der Waals surface area contributed by atoms with E-state index in [0.29, 0.717) is 10.7 Å². The fourth-order valence-electron chi connectivity index (χ4n) is 1.87. The molecule has 0 unspecified atom stereocenters. The monoisotopic (exact) mass is 362 g/mol. The second-order valence-electron chi connectivity index (χ2n) is 5.69. The van der Waals surface area contributed by atoms with E-state index in [1.807, 2.05) is 45.0 Å². The van der Waals surface area contributed by atoms with Crippen LogP contribution in [0.25, 0.3) is 0 Å². The fourth-order valence-corrected chi connectivity index (χ4v) is 2.55. The van der Waals surface area contributed by atoms with E-state index in [-0.39, 0.29) is 36.1 Å². The average Bonchev–Trinajstić information content (AvgIpc) is 3.06. The van der Waals surface area contributed by atoms with E-state index in [0.717, 1.165) is 23.3 Å². The summed E-state index contributed by atoms with van der Waals surface area (Å²) < 4.78 is 5.32. The molecule has 1 aromatic carbocycles. The lowest BCUT2D eigenvalue weighted by molar-refractivity contribution is -0.126. The number of aryl methyl sites for hydroxylation is 1. The Balaban J connectivity index is 1.80. The van der Waals surface area contributed by atoms with Crippen molar-refractivity contribution >= 4 is 28.8 Å². The van der Waals surface area contributed by atoms with Gasteiger partial charge >= 0.3 is 0 Å². The van der Waals surface area contributed by atoms with Gasteiger partial charge in [-0.2, -0.15) is 0 Å². The molecule has 1 heterocycles. The molecule has 1 atom stereocenters. The van der Waals surface area contributed by atoms with Gasteiger partial charge in [-0.3, -0.25) is 9.59 Å². The number of anilines is 1. The van der Waals surface area contributed by atoms with Crippen LogP contribution < -0.4 is 10.6 Å². The normalized spacial score (nSPS) is 11.8. The molecule has 2 amide bonds. The lowest BCUT2D eigenvalue weighted by atomic mass is 10.2. The van der Waals surface area contributed by atoms with Crippen LogP contribution in [-0.2, 0) is 16.1 Å². The van der Waals surface area contributed by atoms with E-state index in [2.05, 4.69) is 20.8 Å². The number of nitrogens with zero attached hydrogens (tertiary/aromatic N) is 2. The van der Waals surface area contributed by atoms with Crippen molar-refractivity contribution in [2.24, 2.45) is 0 Å². The summed E-state index contributed by atoms with van der Waals surface area (Å²) in [5.74, 6) is -0.488. The van der Waals surface area contributed by atoms with Gasteiger partial charge in [-0.15, -0.1) is 10.2 Å². The van der Waals surface area contributed by atoms with E-state index in [9.17, 15) is 9.59 Å². The summed E-state index contributed by atoms with van der Waals surface area (Å²) >= 11 is 1.14. The molecule has 0 fully saturated rings. The Morgan fingerprint density at radius 1 is 1.24 bits per heavy atom. The maximum atomic E-state index is 12.1. The molecule has 0 bridgehead atoms. The van der Waals surface area contributed by atoms with Crippen LogP contribution in [-0.4, -0.2) is 34.7 Å². The summed E-state index contributed by atoms with van der Waals surface area (Å²) in [5.41, 5.74) is 1.82. The van der Waals surface area contributed by atoms with Crippen LogP contribution in [0.5, 0.6) is 0 Å². The van der Waals surface area contributed by atoms with Gasteiger partial charge in [0.2, 0.25) is 10.9 Å². The van der Waals surface area contributed by atoms with Crippen molar-refractivity contribution in [2.45, 2.75) is 39.8 Å². The summed E-state index contributed by atoms with van der Waals surface area (Å²) in [5, 5.41) is 14.2. The lowest BCUT2D eigenvalue weighted by Crippen LogP contribution is -2.34. The average molecular weight is 362 g/mol. The van der Waals surface area contributed by atoms with Gasteiger partial charge in [0.05, 0.1) is 0 Å². The Hall–Kier alpha value is -2.32. The third-order valence-electron chi connectivity index (χ3n) is 3.45. The van der Waals surface area contributed by atoms with Gasteiger partial charge in [0.1, 0.15) is 18.2 Å². The zero-order valence-corrected chi connectivity index (χ0v) is 15.4.